The molecule has 0 fully saturated rings. The Kier molecular flexibility index (Phi) is 5.24. The Labute approximate surface area is 168 Å². The fourth-order valence-corrected chi connectivity index (χ4v) is 4.04. The lowest BCUT2D eigenvalue weighted by molar-refractivity contribution is 0.414. The van der Waals surface area contributed by atoms with Gasteiger partial charge >= 0.3 is 0 Å². The van der Waals surface area contributed by atoms with E-state index < -0.39 is 10.0 Å². The van der Waals surface area contributed by atoms with Crippen LogP contribution in [0.2, 0.25) is 0 Å². The van der Waals surface area contributed by atoms with Gasteiger partial charge in [-0.2, -0.15) is 0 Å². The predicted octanol–water partition coefficient (Wildman–Crippen LogP) is 2.48. The van der Waals surface area contributed by atoms with Crippen LogP contribution in [0.15, 0.2) is 72.0 Å². The zero-order chi connectivity index (χ0) is 20.3. The quantitative estimate of drug-likeness (QED) is 0.503. The van der Waals surface area contributed by atoms with Crippen LogP contribution in [0.25, 0.3) is 22.6 Å². The Morgan fingerprint density at radius 2 is 1.79 bits per heavy atom. The number of pyridine rings is 2. The number of methoxy groups -OCH3 is 1. The topological polar surface area (TPSA) is 99.0 Å². The fourth-order valence-electron chi connectivity index (χ4n) is 3.02. The lowest BCUT2D eigenvalue weighted by atomic mass is 10.2. The molecular formula is C20H19N5O3S. The monoisotopic (exact) mass is 409 g/mol. The number of nitrogens with one attached hydrogen (secondary N) is 1. The highest BCUT2D eigenvalue weighted by Gasteiger charge is 2.16. The number of hydrogen-bond acceptors (Lipinski definition) is 6. The molecule has 1 N–H and O–H groups in total. The van der Waals surface area contributed by atoms with Crippen molar-refractivity contribution in [1.82, 2.24) is 24.2 Å². The number of benzene rings is 1. The number of nitrogens with zero attached hydrogens (tertiary/aromatic N) is 4. The molecule has 1 aromatic carbocycles. The van der Waals surface area contributed by atoms with Crippen molar-refractivity contribution >= 4 is 21.2 Å². The molecular weight excluding hydrogens is 390 g/mol. The van der Waals surface area contributed by atoms with Gasteiger partial charge in [0, 0.05) is 37.2 Å². The van der Waals surface area contributed by atoms with Crippen LogP contribution in [0, 0.1) is 0 Å². The third kappa shape index (κ3) is 3.96. The largest absolute Gasteiger partial charge is 0.497 e. The summed E-state index contributed by atoms with van der Waals surface area (Å²) in [6.45, 7) is 0.565. The van der Waals surface area contributed by atoms with Crippen molar-refractivity contribution < 1.29 is 13.2 Å². The lowest BCUT2D eigenvalue weighted by Crippen LogP contribution is -2.27. The van der Waals surface area contributed by atoms with E-state index in [1.165, 1.54) is 19.2 Å². The minimum absolute atomic E-state index is 0.182. The zero-order valence-corrected chi connectivity index (χ0v) is 16.5. The van der Waals surface area contributed by atoms with Crippen molar-refractivity contribution in [3.63, 3.8) is 0 Å². The van der Waals surface area contributed by atoms with Gasteiger partial charge in [0.2, 0.25) is 10.0 Å². The summed E-state index contributed by atoms with van der Waals surface area (Å²) in [5.74, 6) is 1.31. The minimum atomic E-state index is -3.64. The van der Waals surface area contributed by atoms with Gasteiger partial charge < -0.3 is 9.30 Å². The number of fused-ring (bicyclic) bond motifs is 1. The molecule has 0 saturated heterocycles. The number of hydrogen-bond donors (Lipinski definition) is 1. The molecule has 0 aliphatic carbocycles. The van der Waals surface area contributed by atoms with Crippen molar-refractivity contribution in [2.45, 2.75) is 11.4 Å². The highest BCUT2D eigenvalue weighted by molar-refractivity contribution is 7.89. The average Bonchev–Trinajstić information content (AvgIpc) is 3.13. The van der Waals surface area contributed by atoms with E-state index in [4.69, 9.17) is 4.74 Å². The molecule has 8 nitrogen and oxygen atoms in total. The normalized spacial score (nSPS) is 11.6. The van der Waals surface area contributed by atoms with Crippen molar-refractivity contribution in [2.24, 2.45) is 0 Å². The third-order valence-electron chi connectivity index (χ3n) is 4.44. The van der Waals surface area contributed by atoms with Crippen molar-refractivity contribution in [2.75, 3.05) is 13.7 Å². The molecule has 0 saturated carbocycles. The van der Waals surface area contributed by atoms with Crippen LogP contribution in [0.5, 0.6) is 5.75 Å². The molecule has 29 heavy (non-hydrogen) atoms. The SMILES string of the molecule is COc1ccc(S(=O)(=O)NCCn2c(-c3ccncc3)nc3cccnc32)cc1. The first-order chi connectivity index (χ1) is 14.1. The molecule has 9 heteroatoms. The highest BCUT2D eigenvalue weighted by atomic mass is 32.2. The number of rotatable bonds is 7. The first kappa shape index (κ1) is 19.0. The molecule has 3 aromatic heterocycles. The van der Waals surface area contributed by atoms with Crippen LogP contribution in [0.4, 0.5) is 0 Å². The Morgan fingerprint density at radius 3 is 2.52 bits per heavy atom. The van der Waals surface area contributed by atoms with Gasteiger partial charge in [-0.3, -0.25) is 4.98 Å². The number of ether oxygens (including phenoxy) is 1. The Bertz CT molecular complexity index is 1220. The van der Waals surface area contributed by atoms with E-state index in [1.807, 2.05) is 28.8 Å². The average molecular weight is 409 g/mol. The first-order valence-electron chi connectivity index (χ1n) is 8.94. The molecule has 4 rings (SSSR count). The number of imidazole rings is 1. The summed E-state index contributed by atoms with van der Waals surface area (Å²) in [6, 6.07) is 13.7. The Hall–Kier alpha value is -3.30. The van der Waals surface area contributed by atoms with Crippen LogP contribution in [-0.4, -0.2) is 41.6 Å². The third-order valence-corrected chi connectivity index (χ3v) is 5.92. The summed E-state index contributed by atoms with van der Waals surface area (Å²) in [5, 5.41) is 0. The van der Waals surface area contributed by atoms with Gasteiger partial charge in [-0.25, -0.2) is 23.1 Å². The zero-order valence-electron chi connectivity index (χ0n) is 15.7. The summed E-state index contributed by atoms with van der Waals surface area (Å²) >= 11 is 0. The van der Waals surface area contributed by atoms with E-state index in [-0.39, 0.29) is 11.4 Å². The summed E-state index contributed by atoms with van der Waals surface area (Å²) < 4.78 is 34.8. The van der Waals surface area contributed by atoms with E-state index >= 15 is 0 Å². The van der Waals surface area contributed by atoms with Crippen LogP contribution in [-0.2, 0) is 16.6 Å². The van der Waals surface area contributed by atoms with Gasteiger partial charge in [0.05, 0.1) is 12.0 Å². The van der Waals surface area contributed by atoms with Crippen molar-refractivity contribution in [3.05, 3.63) is 67.1 Å². The molecule has 0 unspecified atom stereocenters. The van der Waals surface area contributed by atoms with Gasteiger partial charge in [-0.15, -0.1) is 0 Å². The van der Waals surface area contributed by atoms with Gasteiger partial charge in [-0.1, -0.05) is 0 Å². The van der Waals surface area contributed by atoms with Gasteiger partial charge in [0.15, 0.2) is 5.65 Å². The van der Waals surface area contributed by atoms with Gasteiger partial charge in [0.1, 0.15) is 17.1 Å². The summed E-state index contributed by atoms with van der Waals surface area (Å²) in [7, 11) is -2.11. The molecule has 0 aliphatic rings. The van der Waals surface area contributed by atoms with E-state index in [0.717, 1.165) is 11.1 Å². The smallest absolute Gasteiger partial charge is 0.240 e. The number of sulfonamides is 1. The fraction of sp³-hybridized carbons (Fsp3) is 0.150. The molecule has 0 amide bonds. The Balaban J connectivity index is 1.58. The maximum atomic E-state index is 12.6. The maximum absolute atomic E-state index is 12.6. The molecule has 3 heterocycles. The standard InChI is InChI=1S/C20H19N5O3S/c1-28-16-4-6-17(7-5-16)29(26,27)23-13-14-25-19(15-8-11-21-12-9-15)24-18-3-2-10-22-20(18)25/h2-12,23H,13-14H2,1H3. The van der Waals surface area contributed by atoms with Gasteiger partial charge in [-0.05, 0) is 48.5 Å². The summed E-state index contributed by atoms with van der Waals surface area (Å²) in [4.78, 5) is 13.3. The highest BCUT2D eigenvalue weighted by Crippen LogP contribution is 2.23. The van der Waals surface area contributed by atoms with E-state index in [9.17, 15) is 8.42 Å². The molecule has 0 bridgehead atoms. The maximum Gasteiger partial charge on any atom is 0.240 e. The summed E-state index contributed by atoms with van der Waals surface area (Å²) in [6.07, 6.45) is 5.08. The van der Waals surface area contributed by atoms with Crippen LogP contribution >= 0.6 is 0 Å². The van der Waals surface area contributed by atoms with Crippen molar-refractivity contribution in [3.8, 4) is 17.1 Å². The molecule has 0 radical (unpaired) electrons. The minimum Gasteiger partial charge on any atom is -0.497 e. The van der Waals surface area contributed by atoms with Crippen LogP contribution in [0.1, 0.15) is 0 Å². The molecule has 0 spiro atoms. The second kappa shape index (κ2) is 7.98. The van der Waals surface area contributed by atoms with Crippen LogP contribution < -0.4 is 9.46 Å². The van der Waals surface area contributed by atoms with E-state index in [2.05, 4.69) is 19.7 Å². The molecule has 0 aliphatic heterocycles. The molecule has 0 atom stereocenters. The Morgan fingerprint density at radius 1 is 1.03 bits per heavy atom. The van der Waals surface area contributed by atoms with Crippen molar-refractivity contribution in [1.29, 1.82) is 0 Å². The second-order valence-electron chi connectivity index (χ2n) is 6.24. The van der Waals surface area contributed by atoms with E-state index in [1.54, 1.807) is 30.7 Å². The predicted molar refractivity (Wildman–Crippen MR) is 109 cm³/mol. The molecule has 148 valence electrons. The van der Waals surface area contributed by atoms with E-state index in [0.29, 0.717) is 23.8 Å². The lowest BCUT2D eigenvalue weighted by Gasteiger charge is -2.11. The first-order valence-corrected chi connectivity index (χ1v) is 10.4. The van der Waals surface area contributed by atoms with Crippen LogP contribution in [0.3, 0.4) is 0 Å². The second-order valence-corrected chi connectivity index (χ2v) is 8.01. The number of aromatic nitrogens is 4. The summed E-state index contributed by atoms with van der Waals surface area (Å²) in [5.41, 5.74) is 2.33. The van der Waals surface area contributed by atoms with Gasteiger partial charge in [0.25, 0.3) is 0 Å². The molecule has 4 aromatic rings.